The summed E-state index contributed by atoms with van der Waals surface area (Å²) in [5.41, 5.74) is -0.176. The smallest absolute Gasteiger partial charge is 0.249 e. The van der Waals surface area contributed by atoms with Crippen molar-refractivity contribution in [2.75, 3.05) is 5.32 Å². The van der Waals surface area contributed by atoms with Crippen molar-refractivity contribution in [1.82, 2.24) is 4.98 Å². The molecule has 2 fully saturated rings. The molecule has 1 aromatic heterocycles. The predicted octanol–water partition coefficient (Wildman–Crippen LogP) is 4.19. The lowest BCUT2D eigenvalue weighted by atomic mass is 9.66. The fraction of sp³-hybridized carbons (Fsp3) is 0.667. The van der Waals surface area contributed by atoms with E-state index in [0.29, 0.717) is 0 Å². The molecule has 8 heteroatoms. The van der Waals surface area contributed by atoms with Gasteiger partial charge < -0.3 is 10.3 Å². The second-order valence-electron chi connectivity index (χ2n) is 7.49. The van der Waals surface area contributed by atoms with Crippen LogP contribution in [0.3, 0.4) is 0 Å². The van der Waals surface area contributed by atoms with Crippen molar-refractivity contribution in [3.8, 4) is 0 Å². The van der Waals surface area contributed by atoms with E-state index < -0.39 is 35.7 Å². The molecule has 1 aromatic rings. The first-order valence-corrected chi connectivity index (χ1v) is 8.90. The van der Waals surface area contributed by atoms with Crippen molar-refractivity contribution >= 4 is 11.6 Å². The first-order chi connectivity index (χ1) is 12.2. The molecule has 0 aromatic carbocycles. The summed E-state index contributed by atoms with van der Waals surface area (Å²) in [7, 11) is 0. The maximum absolute atomic E-state index is 13.9. The van der Waals surface area contributed by atoms with Crippen LogP contribution in [0.25, 0.3) is 0 Å². The number of carbonyl (C=O) groups is 1. The van der Waals surface area contributed by atoms with Crippen molar-refractivity contribution < 1.29 is 22.4 Å². The second kappa shape index (κ2) is 7.04. The van der Waals surface area contributed by atoms with Crippen LogP contribution in [0.2, 0.25) is 0 Å². The molecule has 0 saturated heterocycles. The van der Waals surface area contributed by atoms with Crippen LogP contribution in [0.4, 0.5) is 23.2 Å². The highest BCUT2D eigenvalue weighted by molar-refractivity contribution is 5.92. The number of aromatic amines is 1. The molecule has 2 aliphatic rings. The maximum Gasteiger partial charge on any atom is 0.249 e. The summed E-state index contributed by atoms with van der Waals surface area (Å²) in [4.78, 5) is 26.4. The average molecular weight is 374 g/mol. The molecule has 1 heterocycles. The van der Waals surface area contributed by atoms with Gasteiger partial charge in [0, 0.05) is 49.6 Å². The van der Waals surface area contributed by atoms with Gasteiger partial charge in [-0.2, -0.15) is 0 Å². The Morgan fingerprint density at radius 1 is 1.08 bits per heavy atom. The third-order valence-corrected chi connectivity index (χ3v) is 5.63. The number of aromatic nitrogens is 1. The molecule has 2 saturated carbocycles. The Labute approximate surface area is 148 Å². The van der Waals surface area contributed by atoms with Crippen molar-refractivity contribution in [2.45, 2.75) is 56.8 Å². The highest BCUT2D eigenvalue weighted by atomic mass is 19.3. The number of H-pyrrole nitrogens is 1. The topological polar surface area (TPSA) is 62.0 Å². The van der Waals surface area contributed by atoms with E-state index in [1.54, 1.807) is 0 Å². The molecule has 4 nitrogen and oxygen atoms in total. The van der Waals surface area contributed by atoms with Gasteiger partial charge in [0.2, 0.25) is 23.3 Å². The normalized spacial score (nSPS) is 28.5. The summed E-state index contributed by atoms with van der Waals surface area (Å²) in [5, 5.41) is 2.54. The second-order valence-corrected chi connectivity index (χ2v) is 7.49. The third-order valence-electron chi connectivity index (χ3n) is 5.63. The maximum atomic E-state index is 13.9. The van der Waals surface area contributed by atoms with Crippen LogP contribution in [-0.2, 0) is 4.79 Å². The Kier molecular flexibility index (Phi) is 5.12. The zero-order valence-electron chi connectivity index (χ0n) is 14.2. The van der Waals surface area contributed by atoms with E-state index in [1.165, 1.54) is 18.3 Å². The number of carbonyl (C=O) groups excluding carboxylic acids is 1. The standard InChI is InChI=1S/C18H22F4N2O2/c19-17(20)5-1-11(2-6-17)13-3-7-18(21,22)10-14(13)16(26)24-12-4-8-23-15(25)9-12/h4,8-9,11,13-14H,1-3,5-7,10H2,(H2,23,24,25,26). The van der Waals surface area contributed by atoms with E-state index in [1.807, 2.05) is 0 Å². The minimum Gasteiger partial charge on any atom is -0.329 e. The van der Waals surface area contributed by atoms with Crippen LogP contribution in [-0.4, -0.2) is 22.7 Å². The molecule has 0 aliphatic heterocycles. The number of nitrogens with one attached hydrogen (secondary N) is 2. The number of hydrogen-bond donors (Lipinski definition) is 2. The molecule has 0 spiro atoms. The lowest BCUT2D eigenvalue weighted by Gasteiger charge is -2.42. The molecule has 144 valence electrons. The van der Waals surface area contributed by atoms with Gasteiger partial charge in [-0.3, -0.25) is 9.59 Å². The first-order valence-electron chi connectivity index (χ1n) is 8.90. The summed E-state index contributed by atoms with van der Waals surface area (Å²) in [6.07, 6.45) is 0.583. The third kappa shape index (κ3) is 4.45. The minimum absolute atomic E-state index is 0.150. The van der Waals surface area contributed by atoms with Crippen LogP contribution in [0.15, 0.2) is 23.1 Å². The Balaban J connectivity index is 1.75. The summed E-state index contributed by atoms with van der Waals surface area (Å²) < 4.78 is 54.7. The zero-order chi connectivity index (χ0) is 18.9. The fourth-order valence-electron chi connectivity index (χ4n) is 4.25. The number of hydrogen-bond acceptors (Lipinski definition) is 2. The van der Waals surface area contributed by atoms with Gasteiger partial charge in [0.05, 0.1) is 0 Å². The molecule has 2 atom stereocenters. The van der Waals surface area contributed by atoms with Gasteiger partial charge >= 0.3 is 0 Å². The fourth-order valence-corrected chi connectivity index (χ4v) is 4.25. The van der Waals surface area contributed by atoms with Gasteiger partial charge in [-0.05, 0) is 37.2 Å². The molecule has 1 amide bonds. The molecule has 2 aliphatic carbocycles. The quantitative estimate of drug-likeness (QED) is 0.780. The molecule has 2 N–H and O–H groups in total. The summed E-state index contributed by atoms with van der Waals surface area (Å²) in [6, 6.07) is 2.64. The molecule has 26 heavy (non-hydrogen) atoms. The van der Waals surface area contributed by atoms with Gasteiger partial charge in [0.15, 0.2) is 0 Å². The molecular formula is C18H22F4N2O2. The first kappa shape index (κ1) is 18.9. The minimum atomic E-state index is -2.94. The number of rotatable bonds is 3. The molecule has 2 unspecified atom stereocenters. The summed E-state index contributed by atoms with van der Waals surface area (Å²) in [6.45, 7) is 0. The number of halogens is 4. The van der Waals surface area contributed by atoms with E-state index in [-0.39, 0.29) is 56.0 Å². The van der Waals surface area contributed by atoms with Gasteiger partial charge in [-0.15, -0.1) is 0 Å². The van der Waals surface area contributed by atoms with E-state index in [2.05, 4.69) is 10.3 Å². The van der Waals surface area contributed by atoms with Crippen molar-refractivity contribution in [3.05, 3.63) is 28.7 Å². The Morgan fingerprint density at radius 2 is 1.73 bits per heavy atom. The largest absolute Gasteiger partial charge is 0.329 e. The van der Waals surface area contributed by atoms with Crippen molar-refractivity contribution in [3.63, 3.8) is 0 Å². The Bertz CT molecular complexity index is 709. The van der Waals surface area contributed by atoms with Gasteiger partial charge in [-0.25, -0.2) is 17.6 Å². The lowest BCUT2D eigenvalue weighted by molar-refractivity contribution is -0.136. The summed E-state index contributed by atoms with van der Waals surface area (Å²) in [5.74, 6) is -7.65. The van der Waals surface area contributed by atoms with Crippen molar-refractivity contribution in [1.29, 1.82) is 0 Å². The summed E-state index contributed by atoms with van der Waals surface area (Å²) >= 11 is 0. The van der Waals surface area contributed by atoms with Crippen molar-refractivity contribution in [2.24, 2.45) is 17.8 Å². The number of amides is 1. The van der Waals surface area contributed by atoms with Gasteiger partial charge in [0.1, 0.15) is 0 Å². The number of pyridine rings is 1. The van der Waals surface area contributed by atoms with E-state index in [0.717, 1.165) is 0 Å². The number of alkyl halides is 4. The van der Waals surface area contributed by atoms with E-state index in [4.69, 9.17) is 0 Å². The SMILES string of the molecule is O=C(Nc1cc[nH]c(=O)c1)C1CC(F)(F)CCC1C1CCC(F)(F)CC1. The zero-order valence-corrected chi connectivity index (χ0v) is 14.2. The Hall–Kier alpha value is -1.86. The molecule has 0 bridgehead atoms. The van der Waals surface area contributed by atoms with Gasteiger partial charge in [-0.1, -0.05) is 0 Å². The van der Waals surface area contributed by atoms with Crippen LogP contribution in [0.5, 0.6) is 0 Å². The van der Waals surface area contributed by atoms with Gasteiger partial charge in [0.25, 0.3) is 0 Å². The molecule has 0 radical (unpaired) electrons. The van der Waals surface area contributed by atoms with Crippen LogP contribution < -0.4 is 10.9 Å². The van der Waals surface area contributed by atoms with E-state index in [9.17, 15) is 27.2 Å². The molecule has 3 rings (SSSR count). The van der Waals surface area contributed by atoms with Crippen LogP contribution in [0.1, 0.15) is 44.9 Å². The molecular weight excluding hydrogens is 352 g/mol. The number of anilines is 1. The highest BCUT2D eigenvalue weighted by Gasteiger charge is 2.48. The van der Waals surface area contributed by atoms with Crippen LogP contribution in [0, 0.1) is 17.8 Å². The monoisotopic (exact) mass is 374 g/mol. The van der Waals surface area contributed by atoms with Crippen LogP contribution >= 0.6 is 0 Å². The highest BCUT2D eigenvalue weighted by Crippen LogP contribution is 2.49. The Morgan fingerprint density at radius 3 is 2.38 bits per heavy atom. The predicted molar refractivity (Wildman–Crippen MR) is 88.4 cm³/mol. The van der Waals surface area contributed by atoms with E-state index >= 15 is 0 Å². The lowest BCUT2D eigenvalue weighted by Crippen LogP contribution is -2.43. The average Bonchev–Trinajstić information content (AvgIpc) is 2.54.